The van der Waals surface area contributed by atoms with Gasteiger partial charge in [0.25, 0.3) is 0 Å². The van der Waals surface area contributed by atoms with Crippen LogP contribution in [0.5, 0.6) is 0 Å². The molecule has 0 aliphatic carbocycles. The highest BCUT2D eigenvalue weighted by Crippen LogP contribution is 2.37. The first kappa shape index (κ1) is 19.2. The van der Waals surface area contributed by atoms with Crippen LogP contribution < -0.4 is 4.90 Å². The lowest BCUT2D eigenvalue weighted by Crippen LogP contribution is -2.24. The van der Waals surface area contributed by atoms with Crippen LogP contribution >= 0.6 is 11.8 Å². The smallest absolute Gasteiger partial charge is 0.354 e. The molecule has 1 aliphatic heterocycles. The number of thioether (sulfide) groups is 1. The Morgan fingerprint density at radius 2 is 1.56 bits per heavy atom. The zero-order valence-electron chi connectivity index (χ0n) is 14.2. The summed E-state index contributed by atoms with van der Waals surface area (Å²) in [5.74, 6) is 0. The molecule has 2 aromatic rings. The van der Waals surface area contributed by atoms with Crippen molar-refractivity contribution in [3.63, 3.8) is 0 Å². The normalized spacial score (nSPS) is 13.6. The van der Waals surface area contributed by atoms with Gasteiger partial charge in [-0.3, -0.25) is 0 Å². The summed E-state index contributed by atoms with van der Waals surface area (Å²) in [7, 11) is 0. The van der Waals surface area contributed by atoms with Gasteiger partial charge in [-0.25, -0.2) is 0 Å². The molecule has 0 N–H and O–H groups in total. The van der Waals surface area contributed by atoms with Gasteiger partial charge < -0.3 is 9.80 Å². The Bertz CT molecular complexity index is 669. The molecule has 3 rings (SSSR count). The maximum absolute atomic E-state index is 12.3. The summed E-state index contributed by atoms with van der Waals surface area (Å²) >= 11 is -0.0926. The fourth-order valence-corrected chi connectivity index (χ4v) is 2.93. The Morgan fingerprint density at radius 3 is 2.16 bits per heavy atom. The fraction of sp³-hybridized carbons (Fsp3) is 0.263. The fourth-order valence-electron chi connectivity index (χ4n) is 2.39. The molecule has 25 heavy (non-hydrogen) atoms. The number of rotatable bonds is 4. The van der Waals surface area contributed by atoms with E-state index in [0.717, 1.165) is 12.2 Å². The zero-order chi connectivity index (χ0) is 18.3. The van der Waals surface area contributed by atoms with Crippen LogP contribution in [0, 0.1) is 0 Å². The minimum absolute atomic E-state index is 0.0926. The topological polar surface area (TPSA) is 6.48 Å². The molecule has 2 aromatic carbocycles. The van der Waals surface area contributed by atoms with Gasteiger partial charge in [0.05, 0.1) is 6.67 Å². The molecule has 0 aromatic heterocycles. The third-order valence-electron chi connectivity index (χ3n) is 3.42. The third kappa shape index (κ3) is 6.05. The molecular formula is C19H21F3N2S. The molecule has 134 valence electrons. The summed E-state index contributed by atoms with van der Waals surface area (Å²) in [6.45, 7) is 5.48. The van der Waals surface area contributed by atoms with E-state index in [2.05, 4.69) is 17.0 Å². The lowest BCUT2D eigenvalue weighted by atomic mass is 10.2. The number of hydrogen-bond acceptors (Lipinski definition) is 3. The summed E-state index contributed by atoms with van der Waals surface area (Å²) in [6, 6.07) is 16.6. The first-order chi connectivity index (χ1) is 12.0. The van der Waals surface area contributed by atoms with Crippen LogP contribution in [0.3, 0.4) is 0 Å². The van der Waals surface area contributed by atoms with Gasteiger partial charge in [-0.2, -0.15) is 13.2 Å². The minimum atomic E-state index is -4.25. The van der Waals surface area contributed by atoms with Crippen molar-refractivity contribution in [3.05, 3.63) is 72.6 Å². The molecular weight excluding hydrogens is 345 g/mol. The summed E-state index contributed by atoms with van der Waals surface area (Å²) < 4.78 is 37.0. The number of anilines is 1. The van der Waals surface area contributed by atoms with Crippen LogP contribution in [-0.4, -0.2) is 17.1 Å². The first-order valence-corrected chi connectivity index (χ1v) is 8.90. The molecule has 1 heterocycles. The highest BCUT2D eigenvalue weighted by Gasteiger charge is 2.29. The van der Waals surface area contributed by atoms with Crippen molar-refractivity contribution >= 4 is 17.4 Å². The summed E-state index contributed by atoms with van der Waals surface area (Å²) in [6.07, 6.45) is 3.93. The zero-order valence-corrected chi connectivity index (χ0v) is 15.0. The summed E-state index contributed by atoms with van der Waals surface area (Å²) in [5, 5.41) is 0. The van der Waals surface area contributed by atoms with Gasteiger partial charge in [0.1, 0.15) is 0 Å². The average Bonchev–Trinajstić information content (AvgIpc) is 3.05. The molecule has 0 bridgehead atoms. The molecule has 0 saturated heterocycles. The van der Waals surface area contributed by atoms with Crippen molar-refractivity contribution in [2.75, 3.05) is 11.6 Å². The van der Waals surface area contributed by atoms with E-state index < -0.39 is 5.51 Å². The molecule has 2 nitrogen and oxygen atoms in total. The molecule has 0 unspecified atom stereocenters. The lowest BCUT2D eigenvalue weighted by Gasteiger charge is -2.21. The maximum Gasteiger partial charge on any atom is 0.446 e. The van der Waals surface area contributed by atoms with E-state index in [-0.39, 0.29) is 16.7 Å². The molecule has 0 saturated carbocycles. The van der Waals surface area contributed by atoms with Crippen molar-refractivity contribution in [2.24, 2.45) is 0 Å². The summed E-state index contributed by atoms with van der Waals surface area (Å²) in [4.78, 5) is 4.35. The van der Waals surface area contributed by atoms with Crippen molar-refractivity contribution in [1.82, 2.24) is 4.90 Å². The second-order valence-corrected chi connectivity index (χ2v) is 6.32. The van der Waals surface area contributed by atoms with Gasteiger partial charge in [-0.15, -0.1) is 0 Å². The van der Waals surface area contributed by atoms with Crippen LogP contribution in [0.2, 0.25) is 0 Å². The molecule has 0 spiro atoms. The monoisotopic (exact) mass is 366 g/mol. The predicted molar refractivity (Wildman–Crippen MR) is 98.2 cm³/mol. The van der Waals surface area contributed by atoms with Gasteiger partial charge in [0.2, 0.25) is 0 Å². The number of alkyl halides is 3. The molecule has 0 amide bonds. The Morgan fingerprint density at radius 1 is 0.920 bits per heavy atom. The van der Waals surface area contributed by atoms with E-state index in [1.807, 2.05) is 49.3 Å². The van der Waals surface area contributed by atoms with Crippen LogP contribution in [-0.2, 0) is 6.54 Å². The summed E-state index contributed by atoms with van der Waals surface area (Å²) in [5.41, 5.74) is -2.15. The van der Waals surface area contributed by atoms with Gasteiger partial charge in [-0.1, -0.05) is 44.2 Å². The van der Waals surface area contributed by atoms with Gasteiger partial charge in [0, 0.05) is 29.5 Å². The van der Waals surface area contributed by atoms with E-state index in [0.29, 0.717) is 6.67 Å². The van der Waals surface area contributed by atoms with Gasteiger partial charge in [-0.05, 0) is 41.6 Å². The number of benzene rings is 2. The number of nitrogens with zero attached hydrogens (tertiary/aromatic N) is 2. The lowest BCUT2D eigenvalue weighted by molar-refractivity contribution is -0.0328. The number of halogens is 3. The Hall–Kier alpha value is -2.08. The van der Waals surface area contributed by atoms with Crippen LogP contribution in [0.4, 0.5) is 18.9 Å². The Kier molecular flexibility index (Phi) is 6.82. The maximum atomic E-state index is 12.3. The molecule has 0 atom stereocenters. The quantitative estimate of drug-likeness (QED) is 0.606. The van der Waals surface area contributed by atoms with Crippen LogP contribution in [0.15, 0.2) is 71.9 Å². The van der Waals surface area contributed by atoms with Crippen LogP contribution in [0.25, 0.3) is 0 Å². The molecule has 6 heteroatoms. The van der Waals surface area contributed by atoms with Crippen molar-refractivity contribution in [1.29, 1.82) is 0 Å². The highest BCUT2D eigenvalue weighted by molar-refractivity contribution is 8.00. The Balaban J connectivity index is 0.00000109. The van der Waals surface area contributed by atoms with E-state index in [1.165, 1.54) is 17.7 Å². The SMILES string of the molecule is CC.FC(F)(F)Sc1ccc(N2C=CN(Cc3ccccc3)C2)cc1. The van der Waals surface area contributed by atoms with E-state index in [9.17, 15) is 13.2 Å². The highest BCUT2D eigenvalue weighted by atomic mass is 32.2. The first-order valence-electron chi connectivity index (χ1n) is 8.08. The van der Waals surface area contributed by atoms with E-state index in [4.69, 9.17) is 0 Å². The standard InChI is InChI=1S/C17H15F3N2S.C2H6/c18-17(19,20)23-16-8-6-15(7-9-16)22-11-10-21(13-22)12-14-4-2-1-3-5-14;1-2/h1-11H,12-13H2;1-2H3. The minimum Gasteiger partial charge on any atom is -0.354 e. The third-order valence-corrected chi connectivity index (χ3v) is 4.16. The van der Waals surface area contributed by atoms with Crippen molar-refractivity contribution in [3.8, 4) is 0 Å². The van der Waals surface area contributed by atoms with Crippen molar-refractivity contribution < 1.29 is 13.2 Å². The van der Waals surface area contributed by atoms with E-state index in [1.54, 1.807) is 12.1 Å². The molecule has 1 aliphatic rings. The van der Waals surface area contributed by atoms with Crippen molar-refractivity contribution in [2.45, 2.75) is 30.8 Å². The average molecular weight is 366 g/mol. The number of hydrogen-bond donors (Lipinski definition) is 0. The second kappa shape index (κ2) is 8.85. The molecule has 0 radical (unpaired) electrons. The Labute approximate surface area is 150 Å². The molecule has 0 fully saturated rings. The largest absolute Gasteiger partial charge is 0.446 e. The van der Waals surface area contributed by atoms with E-state index >= 15 is 0 Å². The second-order valence-electron chi connectivity index (χ2n) is 5.18. The van der Waals surface area contributed by atoms with Gasteiger partial charge >= 0.3 is 5.51 Å². The van der Waals surface area contributed by atoms with Crippen LogP contribution in [0.1, 0.15) is 19.4 Å². The predicted octanol–water partition coefficient (Wildman–Crippen LogP) is 6.08. The van der Waals surface area contributed by atoms with Gasteiger partial charge in [0.15, 0.2) is 0 Å².